The fourth-order valence-corrected chi connectivity index (χ4v) is 7.30. The molecular weight excluding hydrogens is 390 g/mol. The van der Waals surface area contributed by atoms with Crippen molar-refractivity contribution < 1.29 is 9.69 Å². The minimum Gasteiger partial charge on any atom is -0.397 e. The van der Waals surface area contributed by atoms with Crippen LogP contribution in [-0.4, -0.2) is 35.5 Å². The molecule has 8 heteroatoms. The van der Waals surface area contributed by atoms with Gasteiger partial charge >= 0.3 is 0 Å². The number of thioether (sulfide) groups is 1. The van der Waals surface area contributed by atoms with Gasteiger partial charge in [0.25, 0.3) is 0 Å². The number of carbonyl (C=O) groups is 1. The van der Waals surface area contributed by atoms with E-state index >= 15 is 0 Å². The molecule has 0 amide bonds. The third-order valence-electron chi connectivity index (χ3n) is 4.54. The molecule has 3 N–H and O–H groups in total. The SMILES string of the molecule is Nc1c(C(=O)c2cccs2)sc2nsc(SCC[NH+]3CCCCC3)c12. The Labute approximate surface area is 163 Å². The number of nitrogens with one attached hydrogen (secondary N) is 1. The van der Waals surface area contributed by atoms with Gasteiger partial charge in [-0.2, -0.15) is 4.37 Å². The summed E-state index contributed by atoms with van der Waals surface area (Å²) in [4.78, 5) is 16.6. The van der Waals surface area contributed by atoms with E-state index in [0.29, 0.717) is 10.6 Å². The molecule has 1 saturated heterocycles. The number of hydrogen-bond donors (Lipinski definition) is 2. The highest BCUT2D eigenvalue weighted by Crippen LogP contribution is 2.42. The zero-order valence-electron chi connectivity index (χ0n) is 13.7. The number of aromatic nitrogens is 1. The van der Waals surface area contributed by atoms with Crippen molar-refractivity contribution in [3.05, 3.63) is 27.3 Å². The Morgan fingerprint density at radius 1 is 1.32 bits per heavy atom. The molecule has 0 aromatic carbocycles. The Balaban J connectivity index is 1.49. The molecule has 0 bridgehead atoms. The highest BCUT2D eigenvalue weighted by atomic mass is 32.2. The molecule has 4 rings (SSSR count). The number of thiophene rings is 2. The molecule has 4 heterocycles. The smallest absolute Gasteiger partial charge is 0.215 e. The van der Waals surface area contributed by atoms with Crippen molar-refractivity contribution in [3.8, 4) is 0 Å². The summed E-state index contributed by atoms with van der Waals surface area (Å²) >= 11 is 6.24. The van der Waals surface area contributed by atoms with Crippen LogP contribution in [0, 0.1) is 0 Å². The Bertz CT molecular complexity index is 862. The summed E-state index contributed by atoms with van der Waals surface area (Å²) in [7, 11) is 0. The third-order valence-corrected chi connectivity index (χ3v) is 8.72. The van der Waals surface area contributed by atoms with Gasteiger partial charge in [0, 0.05) is 5.75 Å². The quantitative estimate of drug-likeness (QED) is 0.483. The van der Waals surface area contributed by atoms with Crippen molar-refractivity contribution in [2.24, 2.45) is 0 Å². The Morgan fingerprint density at radius 2 is 2.16 bits per heavy atom. The number of fused-ring (bicyclic) bond motifs is 1. The summed E-state index contributed by atoms with van der Waals surface area (Å²) < 4.78 is 5.69. The Morgan fingerprint density at radius 3 is 2.92 bits per heavy atom. The summed E-state index contributed by atoms with van der Waals surface area (Å²) in [5.41, 5.74) is 6.96. The van der Waals surface area contributed by atoms with Crippen LogP contribution in [0.25, 0.3) is 10.2 Å². The first-order chi connectivity index (χ1) is 12.2. The number of likely N-dealkylation sites (tertiary alicyclic amines) is 1. The second-order valence-electron chi connectivity index (χ2n) is 6.21. The van der Waals surface area contributed by atoms with Gasteiger partial charge in [0.1, 0.15) is 9.71 Å². The summed E-state index contributed by atoms with van der Waals surface area (Å²) in [6, 6.07) is 3.75. The number of ketones is 1. The third kappa shape index (κ3) is 3.64. The first-order valence-electron chi connectivity index (χ1n) is 8.46. The number of nitrogens with two attached hydrogens (primary N) is 1. The zero-order valence-corrected chi connectivity index (χ0v) is 17.0. The predicted octanol–water partition coefficient (Wildman–Crippen LogP) is 3.39. The van der Waals surface area contributed by atoms with E-state index in [2.05, 4.69) is 4.37 Å². The molecule has 0 saturated carbocycles. The lowest BCUT2D eigenvalue weighted by molar-refractivity contribution is -0.902. The summed E-state index contributed by atoms with van der Waals surface area (Å²) in [6.07, 6.45) is 4.10. The Hall–Kier alpha value is -0.930. The number of nitrogen functional groups attached to an aromatic ring is 1. The molecule has 0 radical (unpaired) electrons. The number of piperidine rings is 1. The number of carbonyl (C=O) groups excluding carboxylic acids is 1. The van der Waals surface area contributed by atoms with Crippen molar-refractivity contribution in [1.29, 1.82) is 0 Å². The van der Waals surface area contributed by atoms with Gasteiger partial charge in [0.2, 0.25) is 5.78 Å². The van der Waals surface area contributed by atoms with Gasteiger partial charge in [-0.1, -0.05) is 6.07 Å². The van der Waals surface area contributed by atoms with E-state index in [4.69, 9.17) is 5.73 Å². The monoisotopic (exact) mass is 410 g/mol. The molecule has 4 nitrogen and oxygen atoms in total. The fourth-order valence-electron chi connectivity index (χ4n) is 3.20. The van der Waals surface area contributed by atoms with E-state index < -0.39 is 0 Å². The van der Waals surface area contributed by atoms with Crippen LogP contribution in [-0.2, 0) is 0 Å². The first-order valence-corrected chi connectivity index (χ1v) is 11.9. The molecule has 1 fully saturated rings. The Kier molecular flexibility index (Phi) is 5.42. The van der Waals surface area contributed by atoms with Crippen molar-refractivity contribution in [2.75, 3.05) is 31.1 Å². The molecule has 1 aliphatic rings. The average Bonchev–Trinajstić information content (AvgIpc) is 3.35. The molecule has 0 spiro atoms. The van der Waals surface area contributed by atoms with Gasteiger partial charge in [0.15, 0.2) is 0 Å². The standard InChI is InChI=1S/C17H19N3OS4/c18-13-12-16(24-15(13)14(21)11-5-4-9-22-11)19-25-17(12)23-10-8-20-6-2-1-3-7-20/h4-5,9H,1-3,6-8,10,18H2/p+1. The lowest BCUT2D eigenvalue weighted by Gasteiger charge is -2.23. The first kappa shape index (κ1) is 17.5. The van der Waals surface area contributed by atoms with E-state index in [9.17, 15) is 4.79 Å². The van der Waals surface area contributed by atoms with Crippen LogP contribution in [0.2, 0.25) is 0 Å². The van der Waals surface area contributed by atoms with E-state index in [0.717, 1.165) is 25.1 Å². The van der Waals surface area contributed by atoms with Gasteiger partial charge in [-0.3, -0.25) is 4.79 Å². The minimum atomic E-state index is 0.0224. The molecule has 132 valence electrons. The van der Waals surface area contributed by atoms with Crippen LogP contribution in [0.15, 0.2) is 21.7 Å². The second kappa shape index (κ2) is 7.75. The van der Waals surface area contributed by atoms with Gasteiger partial charge in [-0.15, -0.1) is 34.4 Å². The molecular formula is C17H20N3OS4+. The van der Waals surface area contributed by atoms with Crippen molar-refractivity contribution in [1.82, 2.24) is 4.37 Å². The average molecular weight is 411 g/mol. The fraction of sp³-hybridized carbons (Fsp3) is 0.412. The molecule has 25 heavy (non-hydrogen) atoms. The van der Waals surface area contributed by atoms with Crippen molar-refractivity contribution in [2.45, 2.75) is 23.5 Å². The van der Waals surface area contributed by atoms with Gasteiger partial charge in [-0.05, 0) is 42.2 Å². The largest absolute Gasteiger partial charge is 0.397 e. The van der Waals surface area contributed by atoms with Crippen molar-refractivity contribution in [3.63, 3.8) is 0 Å². The molecule has 3 aromatic rings. The lowest BCUT2D eigenvalue weighted by Crippen LogP contribution is -3.13. The molecule has 0 aliphatic carbocycles. The van der Waals surface area contributed by atoms with Gasteiger partial charge in [0.05, 0.1) is 39.8 Å². The summed E-state index contributed by atoms with van der Waals surface area (Å²) in [5, 5.41) is 2.91. The van der Waals surface area contributed by atoms with E-state index in [1.807, 2.05) is 29.3 Å². The predicted molar refractivity (Wildman–Crippen MR) is 110 cm³/mol. The summed E-state index contributed by atoms with van der Waals surface area (Å²) in [5.74, 6) is 1.10. The number of anilines is 1. The van der Waals surface area contributed by atoms with Crippen LogP contribution in [0.4, 0.5) is 5.69 Å². The normalized spacial score (nSPS) is 15.8. The van der Waals surface area contributed by atoms with Crippen LogP contribution >= 0.6 is 46.0 Å². The van der Waals surface area contributed by atoms with Crippen LogP contribution in [0.3, 0.4) is 0 Å². The number of hydrogen-bond acceptors (Lipinski definition) is 7. The molecule has 1 aliphatic heterocycles. The van der Waals surface area contributed by atoms with E-state index in [1.54, 1.807) is 4.90 Å². The second-order valence-corrected chi connectivity index (χ2v) is 10.3. The molecule has 3 aromatic heterocycles. The maximum absolute atomic E-state index is 12.6. The number of quaternary nitrogens is 1. The molecule has 0 unspecified atom stereocenters. The van der Waals surface area contributed by atoms with Crippen LogP contribution in [0.5, 0.6) is 0 Å². The zero-order chi connectivity index (χ0) is 17.2. The highest BCUT2D eigenvalue weighted by molar-refractivity contribution is 8.01. The van der Waals surface area contributed by atoms with E-state index in [1.165, 1.54) is 73.1 Å². The lowest BCUT2D eigenvalue weighted by atomic mass is 10.1. The topological polar surface area (TPSA) is 60.4 Å². The number of nitrogens with zero attached hydrogens (tertiary/aromatic N) is 1. The summed E-state index contributed by atoms with van der Waals surface area (Å²) in [6.45, 7) is 3.80. The van der Waals surface area contributed by atoms with E-state index in [-0.39, 0.29) is 5.78 Å². The van der Waals surface area contributed by atoms with Crippen molar-refractivity contribution >= 4 is 67.7 Å². The van der Waals surface area contributed by atoms with Crippen LogP contribution < -0.4 is 10.6 Å². The maximum atomic E-state index is 12.6. The number of rotatable bonds is 6. The van der Waals surface area contributed by atoms with Gasteiger partial charge in [-0.25, -0.2) is 0 Å². The van der Waals surface area contributed by atoms with Gasteiger partial charge < -0.3 is 10.6 Å². The molecule has 0 atom stereocenters. The maximum Gasteiger partial charge on any atom is 0.215 e. The minimum absolute atomic E-state index is 0.0224. The van der Waals surface area contributed by atoms with Crippen LogP contribution in [0.1, 0.15) is 33.8 Å². The highest BCUT2D eigenvalue weighted by Gasteiger charge is 2.23.